The zero-order valence-electron chi connectivity index (χ0n) is 10.9. The van der Waals surface area contributed by atoms with Crippen LogP contribution in [0.4, 0.5) is 0 Å². The summed E-state index contributed by atoms with van der Waals surface area (Å²) in [5.74, 6) is 1.20. The third kappa shape index (κ3) is 4.06. The smallest absolute Gasteiger partial charge is 0.146 e. The van der Waals surface area contributed by atoms with Crippen LogP contribution in [0, 0.1) is 0 Å². The molecule has 0 aliphatic heterocycles. The van der Waals surface area contributed by atoms with E-state index in [9.17, 15) is 0 Å². The number of hydrogen-bond acceptors (Lipinski definition) is 3. The Morgan fingerprint density at radius 3 is 2.60 bits per heavy atom. The molecule has 108 valence electrons. The van der Waals surface area contributed by atoms with Gasteiger partial charge in [-0.1, -0.05) is 41.7 Å². The molecule has 0 radical (unpaired) electrons. The molecule has 1 heterocycles. The van der Waals surface area contributed by atoms with Crippen molar-refractivity contribution in [3.8, 4) is 5.75 Å². The lowest BCUT2D eigenvalue weighted by Crippen LogP contribution is -2.10. The summed E-state index contributed by atoms with van der Waals surface area (Å²) in [6, 6.07) is 5.09. The average molecular weight is 335 g/mol. The molecule has 0 bridgehead atoms. The Bertz CT molecular complexity index is 584. The first-order chi connectivity index (χ1) is 9.60. The quantitative estimate of drug-likeness (QED) is 0.761. The van der Waals surface area contributed by atoms with Crippen LogP contribution < -0.4 is 10.1 Å². The normalized spacial score (nSPS) is 10.8. The molecular weight excluding hydrogens is 321 g/mol. The molecule has 2 rings (SSSR count). The van der Waals surface area contributed by atoms with Gasteiger partial charge in [-0.25, -0.2) is 0 Å². The van der Waals surface area contributed by atoms with Gasteiger partial charge < -0.3 is 14.5 Å². The van der Waals surface area contributed by atoms with E-state index in [4.69, 9.17) is 44.0 Å². The van der Waals surface area contributed by atoms with E-state index in [2.05, 4.69) is 12.2 Å². The monoisotopic (exact) mass is 333 g/mol. The molecule has 6 heteroatoms. The van der Waals surface area contributed by atoms with Gasteiger partial charge in [0.1, 0.15) is 18.1 Å². The molecule has 0 fully saturated rings. The number of hydrogen-bond donors (Lipinski definition) is 1. The number of halogens is 3. The Balaban J connectivity index is 1.98. The molecule has 3 nitrogen and oxygen atoms in total. The van der Waals surface area contributed by atoms with E-state index in [-0.39, 0.29) is 6.61 Å². The van der Waals surface area contributed by atoms with Gasteiger partial charge in [0.15, 0.2) is 0 Å². The lowest BCUT2D eigenvalue weighted by molar-refractivity contribution is 0.270. The van der Waals surface area contributed by atoms with E-state index in [1.807, 2.05) is 6.07 Å². The van der Waals surface area contributed by atoms with Crippen molar-refractivity contribution in [2.75, 3.05) is 6.54 Å². The molecule has 0 saturated carbocycles. The molecule has 20 heavy (non-hydrogen) atoms. The van der Waals surface area contributed by atoms with Gasteiger partial charge in [-0.15, -0.1) is 0 Å². The summed E-state index contributed by atoms with van der Waals surface area (Å²) < 4.78 is 11.0. The van der Waals surface area contributed by atoms with Gasteiger partial charge in [0, 0.05) is 18.2 Å². The SMILES string of the molecule is CCNCc1coc(COc2cc(Cl)c(Cl)cc2Cl)c1. The maximum absolute atomic E-state index is 6.03. The molecule has 1 aromatic heterocycles. The van der Waals surface area contributed by atoms with Crippen molar-refractivity contribution in [1.29, 1.82) is 0 Å². The molecule has 0 unspecified atom stereocenters. The molecule has 0 atom stereocenters. The van der Waals surface area contributed by atoms with Crippen molar-refractivity contribution in [3.63, 3.8) is 0 Å². The van der Waals surface area contributed by atoms with Crippen LogP contribution in [-0.4, -0.2) is 6.54 Å². The van der Waals surface area contributed by atoms with Crippen LogP contribution in [0.1, 0.15) is 18.2 Å². The van der Waals surface area contributed by atoms with Crippen LogP contribution in [0.5, 0.6) is 5.75 Å². The summed E-state index contributed by atoms with van der Waals surface area (Å²) in [6.45, 7) is 4.02. The van der Waals surface area contributed by atoms with Gasteiger partial charge >= 0.3 is 0 Å². The second-order valence-corrected chi connectivity index (χ2v) is 5.41. The van der Waals surface area contributed by atoms with Gasteiger partial charge in [0.05, 0.1) is 21.3 Å². The minimum Gasteiger partial charge on any atom is -0.484 e. The summed E-state index contributed by atoms with van der Waals surface area (Å²) in [5, 5.41) is 4.44. The number of benzene rings is 1. The summed E-state index contributed by atoms with van der Waals surface area (Å²) >= 11 is 17.8. The average Bonchev–Trinajstić information content (AvgIpc) is 2.87. The van der Waals surface area contributed by atoms with E-state index in [0.29, 0.717) is 20.8 Å². The number of rotatable bonds is 6. The maximum atomic E-state index is 6.03. The van der Waals surface area contributed by atoms with E-state index in [1.54, 1.807) is 18.4 Å². The highest BCUT2D eigenvalue weighted by Gasteiger charge is 2.09. The van der Waals surface area contributed by atoms with E-state index < -0.39 is 0 Å². The minimum atomic E-state index is 0.282. The third-order valence-electron chi connectivity index (χ3n) is 2.63. The van der Waals surface area contributed by atoms with Gasteiger partial charge in [0.2, 0.25) is 0 Å². The van der Waals surface area contributed by atoms with Crippen molar-refractivity contribution in [2.45, 2.75) is 20.1 Å². The Morgan fingerprint density at radius 1 is 1.10 bits per heavy atom. The summed E-state index contributed by atoms with van der Waals surface area (Å²) in [7, 11) is 0. The topological polar surface area (TPSA) is 34.4 Å². The van der Waals surface area contributed by atoms with Crippen LogP contribution in [0.2, 0.25) is 15.1 Å². The van der Waals surface area contributed by atoms with Gasteiger partial charge in [0.25, 0.3) is 0 Å². The molecular formula is C14H14Cl3NO2. The molecule has 0 aliphatic rings. The zero-order chi connectivity index (χ0) is 14.5. The molecule has 0 saturated heterocycles. The van der Waals surface area contributed by atoms with Crippen LogP contribution >= 0.6 is 34.8 Å². The molecule has 0 amide bonds. The van der Waals surface area contributed by atoms with Crippen molar-refractivity contribution >= 4 is 34.8 Å². The van der Waals surface area contributed by atoms with Crippen molar-refractivity contribution < 1.29 is 9.15 Å². The Kier molecular flexibility index (Phi) is 5.61. The number of ether oxygens (including phenoxy) is 1. The molecule has 1 aromatic carbocycles. The molecule has 1 N–H and O–H groups in total. The molecule has 0 spiro atoms. The van der Waals surface area contributed by atoms with Crippen LogP contribution in [0.3, 0.4) is 0 Å². The van der Waals surface area contributed by atoms with E-state index in [0.717, 1.165) is 24.4 Å². The fourth-order valence-electron chi connectivity index (χ4n) is 1.63. The van der Waals surface area contributed by atoms with Gasteiger partial charge in [-0.2, -0.15) is 0 Å². The fourth-order valence-corrected chi connectivity index (χ4v) is 2.22. The maximum Gasteiger partial charge on any atom is 0.146 e. The first-order valence-corrected chi connectivity index (χ1v) is 7.28. The highest BCUT2D eigenvalue weighted by Crippen LogP contribution is 2.34. The number of furan rings is 1. The predicted molar refractivity (Wildman–Crippen MR) is 81.9 cm³/mol. The van der Waals surface area contributed by atoms with Gasteiger partial charge in [-0.05, 0) is 18.7 Å². The van der Waals surface area contributed by atoms with Crippen LogP contribution in [0.15, 0.2) is 28.9 Å². The summed E-state index contributed by atoms with van der Waals surface area (Å²) in [5.41, 5.74) is 1.07. The summed E-state index contributed by atoms with van der Waals surface area (Å²) in [6.07, 6.45) is 1.71. The second kappa shape index (κ2) is 7.23. The van der Waals surface area contributed by atoms with Crippen molar-refractivity contribution in [3.05, 3.63) is 50.9 Å². The third-order valence-corrected chi connectivity index (χ3v) is 3.65. The highest BCUT2D eigenvalue weighted by atomic mass is 35.5. The van der Waals surface area contributed by atoms with Crippen molar-refractivity contribution in [2.24, 2.45) is 0 Å². The first-order valence-electron chi connectivity index (χ1n) is 6.14. The lowest BCUT2D eigenvalue weighted by Gasteiger charge is -2.07. The minimum absolute atomic E-state index is 0.282. The van der Waals surface area contributed by atoms with E-state index in [1.165, 1.54) is 0 Å². The summed E-state index contributed by atoms with van der Waals surface area (Å²) in [4.78, 5) is 0. The Labute approximate surface area is 132 Å². The highest BCUT2D eigenvalue weighted by molar-refractivity contribution is 6.43. The molecule has 0 aliphatic carbocycles. The van der Waals surface area contributed by atoms with Crippen LogP contribution in [-0.2, 0) is 13.2 Å². The van der Waals surface area contributed by atoms with Gasteiger partial charge in [-0.3, -0.25) is 0 Å². The largest absolute Gasteiger partial charge is 0.484 e. The van der Waals surface area contributed by atoms with Crippen molar-refractivity contribution in [1.82, 2.24) is 5.32 Å². The van der Waals surface area contributed by atoms with E-state index >= 15 is 0 Å². The second-order valence-electron chi connectivity index (χ2n) is 4.19. The zero-order valence-corrected chi connectivity index (χ0v) is 13.1. The predicted octanol–water partition coefficient (Wildman–Crippen LogP) is 4.93. The lowest BCUT2D eigenvalue weighted by atomic mass is 10.3. The Morgan fingerprint density at radius 2 is 1.85 bits per heavy atom. The first kappa shape index (κ1) is 15.5. The standard InChI is InChI=1S/C14H14Cl3NO2/c1-2-18-6-9-3-10(19-7-9)8-20-14-5-12(16)11(15)4-13(14)17/h3-5,7,18H,2,6,8H2,1H3. The number of nitrogens with one attached hydrogen (secondary N) is 1. The van der Waals surface area contributed by atoms with Crippen LogP contribution in [0.25, 0.3) is 0 Å². The Hall–Kier alpha value is -0.870. The fraction of sp³-hybridized carbons (Fsp3) is 0.286. The molecule has 2 aromatic rings.